The fourth-order valence-corrected chi connectivity index (χ4v) is 1.96. The van der Waals surface area contributed by atoms with Gasteiger partial charge in [0.2, 0.25) is 5.91 Å². The highest BCUT2D eigenvalue weighted by atomic mass is 19.1. The molecule has 0 aromatic heterocycles. The zero-order chi connectivity index (χ0) is 15.4. The first-order chi connectivity index (χ1) is 9.95. The van der Waals surface area contributed by atoms with Gasteiger partial charge >= 0.3 is 0 Å². The molecule has 0 spiro atoms. The maximum Gasteiger partial charge on any atom is 0.243 e. The fourth-order valence-electron chi connectivity index (χ4n) is 1.96. The fraction of sp³-hybridized carbons (Fsp3) is 0.235. The van der Waals surface area contributed by atoms with Crippen LogP contribution in [-0.4, -0.2) is 12.5 Å². The lowest BCUT2D eigenvalue weighted by atomic mass is 10.1. The second-order valence-electron chi connectivity index (χ2n) is 5.18. The third-order valence-electron chi connectivity index (χ3n) is 3.35. The Balaban J connectivity index is 1.94. The first-order valence-electron chi connectivity index (χ1n) is 6.83. The van der Waals surface area contributed by atoms with Crippen molar-refractivity contribution in [3.05, 3.63) is 58.9 Å². The summed E-state index contributed by atoms with van der Waals surface area (Å²) in [5.41, 5.74) is 4.21. The Kier molecular flexibility index (Phi) is 4.58. The van der Waals surface area contributed by atoms with Crippen molar-refractivity contribution in [2.45, 2.75) is 20.8 Å². The van der Waals surface area contributed by atoms with Crippen molar-refractivity contribution in [1.82, 2.24) is 0 Å². The van der Waals surface area contributed by atoms with Gasteiger partial charge in [-0.3, -0.25) is 4.79 Å². The minimum atomic E-state index is -0.353. The van der Waals surface area contributed by atoms with Crippen molar-refractivity contribution in [1.29, 1.82) is 0 Å². The summed E-state index contributed by atoms with van der Waals surface area (Å²) in [7, 11) is 0. The summed E-state index contributed by atoms with van der Waals surface area (Å²) in [4.78, 5) is 11.9. The summed E-state index contributed by atoms with van der Waals surface area (Å²) in [6.07, 6.45) is 0. The van der Waals surface area contributed by atoms with Crippen LogP contribution in [0.15, 0.2) is 36.4 Å². The second kappa shape index (κ2) is 6.39. The van der Waals surface area contributed by atoms with Gasteiger partial charge in [0.1, 0.15) is 5.82 Å². The van der Waals surface area contributed by atoms with Crippen molar-refractivity contribution in [3.8, 4) is 0 Å². The number of hydrogen-bond donors (Lipinski definition) is 2. The average molecular weight is 286 g/mol. The molecular weight excluding hydrogens is 267 g/mol. The highest BCUT2D eigenvalue weighted by Crippen LogP contribution is 2.16. The molecule has 2 N–H and O–H groups in total. The summed E-state index contributed by atoms with van der Waals surface area (Å²) >= 11 is 0. The zero-order valence-electron chi connectivity index (χ0n) is 12.5. The van der Waals surface area contributed by atoms with Crippen LogP contribution < -0.4 is 10.6 Å². The lowest BCUT2D eigenvalue weighted by Crippen LogP contribution is -2.22. The van der Waals surface area contributed by atoms with Crippen molar-refractivity contribution >= 4 is 17.3 Å². The highest BCUT2D eigenvalue weighted by Gasteiger charge is 2.06. The van der Waals surface area contributed by atoms with E-state index in [0.717, 1.165) is 16.8 Å². The topological polar surface area (TPSA) is 41.1 Å². The normalized spacial score (nSPS) is 10.3. The van der Waals surface area contributed by atoms with Crippen LogP contribution in [-0.2, 0) is 4.79 Å². The lowest BCUT2D eigenvalue weighted by Gasteiger charge is -2.10. The molecule has 2 aromatic rings. The average Bonchev–Trinajstić information content (AvgIpc) is 2.42. The standard InChI is InChI=1S/C17H19FN2O/c1-11-4-7-16(15(18)8-11)19-10-17(21)20-14-6-5-12(2)13(3)9-14/h4-9,19H,10H2,1-3H3,(H,20,21). The summed E-state index contributed by atoms with van der Waals surface area (Å²) in [6, 6.07) is 10.6. The molecule has 110 valence electrons. The van der Waals surface area contributed by atoms with Crippen LogP contribution in [0.4, 0.5) is 15.8 Å². The van der Waals surface area contributed by atoms with E-state index in [4.69, 9.17) is 0 Å². The van der Waals surface area contributed by atoms with Crippen LogP contribution in [0.1, 0.15) is 16.7 Å². The van der Waals surface area contributed by atoms with E-state index in [2.05, 4.69) is 10.6 Å². The Labute approximate surface area is 124 Å². The predicted molar refractivity (Wildman–Crippen MR) is 84.2 cm³/mol. The van der Waals surface area contributed by atoms with Crippen molar-refractivity contribution in [2.24, 2.45) is 0 Å². The SMILES string of the molecule is Cc1ccc(NCC(=O)Nc2ccc(C)c(C)c2)c(F)c1. The van der Waals surface area contributed by atoms with E-state index in [1.54, 1.807) is 12.1 Å². The largest absolute Gasteiger partial charge is 0.374 e. The maximum absolute atomic E-state index is 13.6. The molecule has 21 heavy (non-hydrogen) atoms. The van der Waals surface area contributed by atoms with Crippen LogP contribution in [0.5, 0.6) is 0 Å². The van der Waals surface area contributed by atoms with Gasteiger partial charge in [-0.1, -0.05) is 12.1 Å². The van der Waals surface area contributed by atoms with Gasteiger partial charge in [-0.15, -0.1) is 0 Å². The predicted octanol–water partition coefficient (Wildman–Crippen LogP) is 3.80. The van der Waals surface area contributed by atoms with Gasteiger partial charge in [0.15, 0.2) is 0 Å². The minimum absolute atomic E-state index is 0.0207. The monoisotopic (exact) mass is 286 g/mol. The molecule has 4 heteroatoms. The Hall–Kier alpha value is -2.36. The van der Waals surface area contributed by atoms with Crippen LogP contribution >= 0.6 is 0 Å². The molecule has 0 aliphatic carbocycles. The molecule has 0 atom stereocenters. The van der Waals surface area contributed by atoms with E-state index < -0.39 is 0 Å². The summed E-state index contributed by atoms with van der Waals surface area (Å²) < 4.78 is 13.6. The molecule has 0 aliphatic rings. The van der Waals surface area contributed by atoms with Crippen LogP contribution in [0, 0.1) is 26.6 Å². The lowest BCUT2D eigenvalue weighted by molar-refractivity contribution is -0.114. The first kappa shape index (κ1) is 15.0. The number of hydrogen-bond acceptors (Lipinski definition) is 2. The number of amides is 1. The van der Waals surface area contributed by atoms with Gasteiger partial charge in [-0.05, 0) is 61.7 Å². The second-order valence-corrected chi connectivity index (χ2v) is 5.18. The smallest absolute Gasteiger partial charge is 0.243 e. The highest BCUT2D eigenvalue weighted by molar-refractivity contribution is 5.93. The number of nitrogens with one attached hydrogen (secondary N) is 2. The molecule has 2 aromatic carbocycles. The number of halogens is 1. The molecule has 0 radical (unpaired) electrons. The van der Waals surface area contributed by atoms with E-state index in [1.165, 1.54) is 11.6 Å². The molecule has 3 nitrogen and oxygen atoms in total. The molecule has 0 bridgehead atoms. The summed E-state index contributed by atoms with van der Waals surface area (Å²) in [6.45, 7) is 5.85. The molecule has 0 aliphatic heterocycles. The van der Waals surface area contributed by atoms with Gasteiger partial charge in [-0.2, -0.15) is 0 Å². The third kappa shape index (κ3) is 4.05. The first-order valence-corrected chi connectivity index (χ1v) is 6.83. The van der Waals surface area contributed by atoms with Gasteiger partial charge in [0, 0.05) is 5.69 Å². The number of rotatable bonds is 4. The molecule has 2 rings (SSSR count). The van der Waals surface area contributed by atoms with Crippen LogP contribution in [0.2, 0.25) is 0 Å². The van der Waals surface area contributed by atoms with Crippen molar-refractivity contribution in [2.75, 3.05) is 17.2 Å². The quantitative estimate of drug-likeness (QED) is 0.897. The molecule has 1 amide bonds. The molecule has 0 unspecified atom stereocenters. The molecule has 0 saturated heterocycles. The number of carbonyl (C=O) groups excluding carboxylic acids is 1. The molecule has 0 saturated carbocycles. The number of anilines is 2. The Morgan fingerprint density at radius 2 is 1.81 bits per heavy atom. The van der Waals surface area contributed by atoms with Crippen LogP contribution in [0.3, 0.4) is 0 Å². The van der Waals surface area contributed by atoms with Gasteiger partial charge in [0.05, 0.1) is 12.2 Å². The van der Waals surface area contributed by atoms with Gasteiger partial charge < -0.3 is 10.6 Å². The van der Waals surface area contributed by atoms with Gasteiger partial charge in [0.25, 0.3) is 0 Å². The van der Waals surface area contributed by atoms with E-state index >= 15 is 0 Å². The van der Waals surface area contributed by atoms with Crippen molar-refractivity contribution < 1.29 is 9.18 Å². The molecule has 0 heterocycles. The van der Waals surface area contributed by atoms with E-state index in [1.807, 2.05) is 39.0 Å². The maximum atomic E-state index is 13.6. The summed E-state index contributed by atoms with van der Waals surface area (Å²) in [5, 5.41) is 5.59. The van der Waals surface area contributed by atoms with E-state index in [0.29, 0.717) is 5.69 Å². The zero-order valence-corrected chi connectivity index (χ0v) is 12.5. The summed E-state index contributed by atoms with van der Waals surface area (Å²) in [5.74, 6) is -0.563. The minimum Gasteiger partial charge on any atom is -0.374 e. The van der Waals surface area contributed by atoms with Crippen molar-refractivity contribution in [3.63, 3.8) is 0 Å². The number of carbonyl (C=O) groups is 1. The van der Waals surface area contributed by atoms with Crippen LogP contribution in [0.25, 0.3) is 0 Å². The van der Waals surface area contributed by atoms with E-state index in [9.17, 15) is 9.18 Å². The van der Waals surface area contributed by atoms with E-state index in [-0.39, 0.29) is 18.3 Å². The Morgan fingerprint density at radius 3 is 2.48 bits per heavy atom. The Bertz CT molecular complexity index is 668. The Morgan fingerprint density at radius 1 is 1.05 bits per heavy atom. The molecule has 0 fully saturated rings. The number of benzene rings is 2. The van der Waals surface area contributed by atoms with Gasteiger partial charge in [-0.25, -0.2) is 4.39 Å². The molecular formula is C17H19FN2O. The number of aryl methyl sites for hydroxylation is 3. The third-order valence-corrected chi connectivity index (χ3v) is 3.35.